The number of benzene rings is 2. The van der Waals surface area contributed by atoms with Crippen molar-refractivity contribution in [3.63, 3.8) is 0 Å². The molecule has 3 aliphatic rings. The zero-order valence-corrected chi connectivity index (χ0v) is 22.7. The van der Waals surface area contributed by atoms with Crippen LogP contribution in [-0.4, -0.2) is 32.3 Å². The molecular formula is C31H39N3O3. The molecule has 0 aliphatic heterocycles. The average molecular weight is 502 g/mol. The first kappa shape index (κ1) is 24.5. The highest BCUT2D eigenvalue weighted by Crippen LogP contribution is 2.67. The fourth-order valence-electron chi connectivity index (χ4n) is 7.88. The maximum Gasteiger partial charge on any atom is 0.160 e. The second-order valence-corrected chi connectivity index (χ2v) is 12.8. The molecule has 2 fully saturated rings. The van der Waals surface area contributed by atoms with E-state index in [9.17, 15) is 10.2 Å². The van der Waals surface area contributed by atoms with Crippen LogP contribution in [0, 0.1) is 17.3 Å². The van der Waals surface area contributed by atoms with Crippen LogP contribution in [0.15, 0.2) is 42.6 Å². The molecule has 0 saturated heterocycles. The highest BCUT2D eigenvalue weighted by Gasteiger charge is 2.63. The van der Waals surface area contributed by atoms with Crippen LogP contribution in [0.2, 0.25) is 0 Å². The summed E-state index contributed by atoms with van der Waals surface area (Å²) in [4.78, 5) is 0. The Labute approximate surface area is 219 Å². The lowest BCUT2D eigenvalue weighted by Crippen LogP contribution is -2.49. The van der Waals surface area contributed by atoms with Gasteiger partial charge < -0.3 is 14.9 Å². The number of aryl methyl sites for hydroxylation is 1. The van der Waals surface area contributed by atoms with Crippen LogP contribution in [-0.2, 0) is 17.4 Å². The van der Waals surface area contributed by atoms with Gasteiger partial charge in [0.2, 0.25) is 0 Å². The van der Waals surface area contributed by atoms with Crippen LogP contribution < -0.4 is 4.74 Å². The van der Waals surface area contributed by atoms with Gasteiger partial charge in [-0.05, 0) is 103 Å². The molecule has 0 bridgehead atoms. The molecule has 2 N–H and O–H groups in total. The third-order valence-corrected chi connectivity index (χ3v) is 10.1. The zero-order valence-electron chi connectivity index (χ0n) is 22.7. The molecule has 3 aliphatic carbocycles. The second-order valence-electron chi connectivity index (χ2n) is 12.8. The number of aliphatic hydroxyl groups is 1. The summed E-state index contributed by atoms with van der Waals surface area (Å²) in [6.07, 6.45) is 7.65. The van der Waals surface area contributed by atoms with Gasteiger partial charge in [0, 0.05) is 5.41 Å². The van der Waals surface area contributed by atoms with Crippen molar-refractivity contribution in [1.82, 2.24) is 15.0 Å². The van der Waals surface area contributed by atoms with Crippen LogP contribution in [0.25, 0.3) is 5.69 Å². The minimum atomic E-state index is -0.987. The summed E-state index contributed by atoms with van der Waals surface area (Å²) in [5.41, 5.74) is 4.37. The van der Waals surface area contributed by atoms with E-state index >= 15 is 0 Å². The Morgan fingerprint density at radius 1 is 1.05 bits per heavy atom. The number of phenols is 1. The highest BCUT2D eigenvalue weighted by atomic mass is 16.5. The molecule has 0 radical (unpaired) electrons. The van der Waals surface area contributed by atoms with Crippen LogP contribution in [0.4, 0.5) is 0 Å². The van der Waals surface area contributed by atoms with E-state index in [4.69, 9.17) is 4.74 Å². The molecule has 6 nitrogen and oxygen atoms in total. The SMILES string of the molecule is COc1cc2c(cc1O)CC[C@@H]1[C@@H]2CC[C@@]2(C)[C@H]1CC[C@@]2(O)c1cn(-c2ccc(C(C)(C)C)cc2)nn1. The molecule has 0 amide bonds. The lowest BCUT2D eigenvalue weighted by atomic mass is 9.53. The van der Waals surface area contributed by atoms with E-state index in [1.807, 2.05) is 12.3 Å². The number of ether oxygens (including phenoxy) is 1. The molecule has 2 aromatic carbocycles. The van der Waals surface area contributed by atoms with Gasteiger partial charge in [-0.1, -0.05) is 45.0 Å². The van der Waals surface area contributed by atoms with Crippen molar-refractivity contribution in [3.8, 4) is 17.2 Å². The minimum absolute atomic E-state index is 0.0959. The Bertz CT molecular complexity index is 1320. The number of methoxy groups -OCH3 is 1. The van der Waals surface area contributed by atoms with E-state index in [2.05, 4.69) is 68.3 Å². The number of hydrogen-bond acceptors (Lipinski definition) is 5. The predicted octanol–water partition coefficient (Wildman–Crippen LogP) is 6.02. The summed E-state index contributed by atoms with van der Waals surface area (Å²) >= 11 is 0. The zero-order chi connectivity index (χ0) is 26.2. The summed E-state index contributed by atoms with van der Waals surface area (Å²) in [7, 11) is 1.61. The van der Waals surface area contributed by atoms with Gasteiger partial charge >= 0.3 is 0 Å². The number of hydrogen-bond donors (Lipinski definition) is 2. The van der Waals surface area contributed by atoms with Crippen molar-refractivity contribution in [2.75, 3.05) is 7.11 Å². The van der Waals surface area contributed by atoms with E-state index in [0.717, 1.165) is 37.8 Å². The van der Waals surface area contributed by atoms with Crippen LogP contribution in [0.1, 0.15) is 88.1 Å². The maximum absolute atomic E-state index is 12.3. The quantitative estimate of drug-likeness (QED) is 0.459. The normalized spacial score (nSPS) is 30.9. The molecule has 5 atom stereocenters. The Balaban J connectivity index is 1.29. The Morgan fingerprint density at radius 2 is 1.81 bits per heavy atom. The van der Waals surface area contributed by atoms with Crippen molar-refractivity contribution >= 4 is 0 Å². The summed E-state index contributed by atoms with van der Waals surface area (Å²) in [6, 6.07) is 12.4. The first-order valence-electron chi connectivity index (χ1n) is 13.7. The molecule has 2 saturated carbocycles. The number of aromatic nitrogens is 3. The summed E-state index contributed by atoms with van der Waals surface area (Å²) in [6.45, 7) is 8.91. The van der Waals surface area contributed by atoms with E-state index in [1.165, 1.54) is 16.7 Å². The summed E-state index contributed by atoms with van der Waals surface area (Å²) in [5, 5.41) is 31.6. The van der Waals surface area contributed by atoms with Crippen LogP contribution in [0.5, 0.6) is 11.5 Å². The monoisotopic (exact) mass is 501 g/mol. The average Bonchev–Trinajstić information content (AvgIpc) is 3.47. The number of nitrogens with zero attached hydrogens (tertiary/aromatic N) is 3. The molecule has 1 aromatic heterocycles. The predicted molar refractivity (Wildman–Crippen MR) is 143 cm³/mol. The fourth-order valence-corrected chi connectivity index (χ4v) is 7.88. The number of phenolic OH excluding ortho intramolecular Hbond substituents is 1. The first-order valence-corrected chi connectivity index (χ1v) is 13.7. The van der Waals surface area contributed by atoms with Gasteiger partial charge in [-0.3, -0.25) is 0 Å². The van der Waals surface area contributed by atoms with Crippen LogP contribution >= 0.6 is 0 Å². The first-order chi connectivity index (χ1) is 17.5. The third-order valence-electron chi connectivity index (χ3n) is 10.1. The van der Waals surface area contributed by atoms with Crippen molar-refractivity contribution in [2.24, 2.45) is 17.3 Å². The molecule has 37 heavy (non-hydrogen) atoms. The van der Waals surface area contributed by atoms with E-state index < -0.39 is 5.60 Å². The van der Waals surface area contributed by atoms with Gasteiger partial charge in [-0.2, -0.15) is 0 Å². The lowest BCUT2D eigenvalue weighted by Gasteiger charge is -2.52. The van der Waals surface area contributed by atoms with E-state index in [-0.39, 0.29) is 16.6 Å². The van der Waals surface area contributed by atoms with Gasteiger partial charge in [0.05, 0.1) is 19.0 Å². The second kappa shape index (κ2) is 8.32. The third kappa shape index (κ3) is 3.63. The highest BCUT2D eigenvalue weighted by molar-refractivity contribution is 5.49. The molecule has 0 spiro atoms. The van der Waals surface area contributed by atoms with Gasteiger partial charge in [0.25, 0.3) is 0 Å². The van der Waals surface area contributed by atoms with E-state index in [1.54, 1.807) is 11.8 Å². The van der Waals surface area contributed by atoms with Gasteiger partial charge in [-0.25, -0.2) is 4.68 Å². The molecule has 1 heterocycles. The smallest absolute Gasteiger partial charge is 0.160 e. The largest absolute Gasteiger partial charge is 0.504 e. The van der Waals surface area contributed by atoms with E-state index in [0.29, 0.717) is 35.6 Å². The minimum Gasteiger partial charge on any atom is -0.504 e. The van der Waals surface area contributed by atoms with Crippen molar-refractivity contribution in [3.05, 3.63) is 65.0 Å². The van der Waals surface area contributed by atoms with Crippen molar-refractivity contribution < 1.29 is 14.9 Å². The lowest BCUT2D eigenvalue weighted by molar-refractivity contribution is -0.111. The van der Waals surface area contributed by atoms with Gasteiger partial charge in [0.15, 0.2) is 11.5 Å². The van der Waals surface area contributed by atoms with Crippen molar-refractivity contribution in [2.45, 2.75) is 83.2 Å². The Morgan fingerprint density at radius 3 is 2.51 bits per heavy atom. The summed E-state index contributed by atoms with van der Waals surface area (Å²) in [5.74, 6) is 2.15. The Kier molecular flexibility index (Phi) is 5.50. The standard InChI is InChI=1S/C31H39N3O3/c1-29(2,3)20-7-9-21(10-8-20)34-18-28(32-33-34)31(36)15-13-25-23-11-6-19-16-26(35)27(37-5)17-24(19)22(23)12-14-30(25,31)4/h7-10,16-18,22-23,25,35-36H,6,11-15H2,1-5H3/t22-,23+,25-,30-,31+/m0/s1. The summed E-state index contributed by atoms with van der Waals surface area (Å²) < 4.78 is 7.25. The van der Waals surface area contributed by atoms with Gasteiger partial charge in [0.1, 0.15) is 11.3 Å². The number of rotatable bonds is 3. The molecule has 6 heteroatoms. The maximum atomic E-state index is 12.3. The fraction of sp³-hybridized carbons (Fsp3) is 0.548. The molecule has 196 valence electrons. The molecule has 3 aromatic rings. The topological polar surface area (TPSA) is 80.4 Å². The van der Waals surface area contributed by atoms with Crippen molar-refractivity contribution in [1.29, 1.82) is 0 Å². The van der Waals surface area contributed by atoms with Gasteiger partial charge in [-0.15, -0.1) is 5.10 Å². The number of aromatic hydroxyl groups is 1. The van der Waals surface area contributed by atoms with Crippen LogP contribution in [0.3, 0.4) is 0 Å². The molecular weight excluding hydrogens is 462 g/mol. The Hall–Kier alpha value is -2.86. The molecule has 6 rings (SSSR count). The molecule has 0 unspecified atom stereocenters. The number of fused-ring (bicyclic) bond motifs is 5.